The molecule has 0 saturated heterocycles. The molecule has 1 atom stereocenters. The van der Waals surface area contributed by atoms with Crippen LogP contribution < -0.4 is 4.74 Å². The Balaban J connectivity index is 2.02. The molecule has 1 aliphatic rings. The summed E-state index contributed by atoms with van der Waals surface area (Å²) < 4.78 is 5.10. The molecule has 1 aromatic rings. The van der Waals surface area contributed by atoms with Gasteiger partial charge in [-0.3, -0.25) is 9.59 Å². The number of ketones is 2. The van der Waals surface area contributed by atoms with E-state index in [9.17, 15) is 9.59 Å². The van der Waals surface area contributed by atoms with Crippen LogP contribution in [0.4, 0.5) is 0 Å². The zero-order valence-corrected chi connectivity index (χ0v) is 10.8. The largest absolute Gasteiger partial charge is 0.497 e. The van der Waals surface area contributed by atoms with E-state index < -0.39 is 0 Å². The van der Waals surface area contributed by atoms with Gasteiger partial charge in [0, 0.05) is 12.3 Å². The molecule has 0 amide bonds. The van der Waals surface area contributed by atoms with Crippen molar-refractivity contribution in [2.24, 2.45) is 5.92 Å². The lowest BCUT2D eigenvalue weighted by atomic mass is 9.91. The second-order valence-electron chi connectivity index (χ2n) is 4.47. The molecule has 0 aliphatic heterocycles. The number of hydrogen-bond donors (Lipinski definition) is 0. The quantitative estimate of drug-likeness (QED) is 0.760. The van der Waals surface area contributed by atoms with Gasteiger partial charge >= 0.3 is 0 Å². The van der Waals surface area contributed by atoms with Crippen LogP contribution in [0, 0.1) is 5.92 Å². The van der Waals surface area contributed by atoms with Gasteiger partial charge in [-0.15, -0.1) is 0 Å². The van der Waals surface area contributed by atoms with Gasteiger partial charge < -0.3 is 4.74 Å². The zero-order chi connectivity index (χ0) is 13.7. The third-order valence-corrected chi connectivity index (χ3v) is 3.09. The van der Waals surface area contributed by atoms with Crippen LogP contribution in [0.25, 0.3) is 0 Å². The van der Waals surface area contributed by atoms with E-state index in [1.807, 2.05) is 36.4 Å². The zero-order valence-electron chi connectivity index (χ0n) is 10.8. The molecule has 0 saturated carbocycles. The Morgan fingerprint density at radius 2 is 2.16 bits per heavy atom. The second-order valence-corrected chi connectivity index (χ2v) is 4.47. The highest BCUT2D eigenvalue weighted by molar-refractivity contribution is 6.38. The first-order valence-corrected chi connectivity index (χ1v) is 6.24. The predicted molar refractivity (Wildman–Crippen MR) is 73.1 cm³/mol. The van der Waals surface area contributed by atoms with Crippen LogP contribution >= 0.6 is 0 Å². The minimum atomic E-state index is -0.349. The Morgan fingerprint density at radius 1 is 1.32 bits per heavy atom. The van der Waals surface area contributed by atoms with E-state index in [2.05, 4.69) is 0 Å². The second kappa shape index (κ2) is 6.14. The van der Waals surface area contributed by atoms with Crippen LogP contribution in [-0.4, -0.2) is 18.7 Å². The fourth-order valence-electron chi connectivity index (χ4n) is 2.04. The van der Waals surface area contributed by atoms with Crippen molar-refractivity contribution < 1.29 is 14.3 Å². The van der Waals surface area contributed by atoms with Gasteiger partial charge in [0.25, 0.3) is 0 Å². The maximum absolute atomic E-state index is 12.0. The van der Waals surface area contributed by atoms with Crippen molar-refractivity contribution in [1.29, 1.82) is 0 Å². The third-order valence-electron chi connectivity index (χ3n) is 3.09. The molecule has 19 heavy (non-hydrogen) atoms. The minimum absolute atomic E-state index is 0.129. The highest BCUT2D eigenvalue weighted by atomic mass is 16.5. The Kier molecular flexibility index (Phi) is 4.29. The van der Waals surface area contributed by atoms with Gasteiger partial charge in [0.1, 0.15) is 5.75 Å². The van der Waals surface area contributed by atoms with Crippen molar-refractivity contribution in [3.8, 4) is 5.75 Å². The van der Waals surface area contributed by atoms with Crippen LogP contribution in [-0.2, 0) is 16.0 Å². The number of methoxy groups -OCH3 is 1. The number of benzene rings is 1. The molecule has 0 spiro atoms. The van der Waals surface area contributed by atoms with Gasteiger partial charge in [0.15, 0.2) is 0 Å². The summed E-state index contributed by atoms with van der Waals surface area (Å²) in [7, 11) is 1.57. The summed E-state index contributed by atoms with van der Waals surface area (Å²) in [6.45, 7) is 0. The van der Waals surface area contributed by atoms with Gasteiger partial charge in [0.05, 0.1) is 7.11 Å². The average molecular weight is 256 g/mol. The normalized spacial score (nSPS) is 17.2. The number of carbonyl (C=O) groups is 2. The topological polar surface area (TPSA) is 43.4 Å². The summed E-state index contributed by atoms with van der Waals surface area (Å²) in [6, 6.07) is 7.23. The first-order valence-electron chi connectivity index (χ1n) is 6.24. The minimum Gasteiger partial charge on any atom is -0.497 e. The maximum atomic E-state index is 12.0. The first-order chi connectivity index (χ1) is 9.20. The first kappa shape index (κ1) is 13.3. The van der Waals surface area contributed by atoms with E-state index in [4.69, 9.17) is 4.74 Å². The van der Waals surface area contributed by atoms with E-state index in [0.717, 1.165) is 5.56 Å². The van der Waals surface area contributed by atoms with Gasteiger partial charge in [-0.05, 0) is 24.1 Å². The van der Waals surface area contributed by atoms with Crippen molar-refractivity contribution in [2.45, 2.75) is 12.8 Å². The number of carbonyl (C=O) groups excluding carboxylic acids is 2. The number of Topliss-reactive ketones (excluding diaryl/α,β-unsaturated/α-hetero) is 2. The third kappa shape index (κ3) is 3.41. The molecule has 0 aromatic heterocycles. The summed E-state index contributed by atoms with van der Waals surface area (Å²) in [5.74, 6) is -0.275. The molecule has 0 heterocycles. The summed E-state index contributed by atoms with van der Waals surface area (Å²) in [6.07, 6.45) is 8.12. The van der Waals surface area contributed by atoms with Crippen molar-refractivity contribution in [3.63, 3.8) is 0 Å². The van der Waals surface area contributed by atoms with Crippen LogP contribution in [0.3, 0.4) is 0 Å². The molecule has 0 fully saturated rings. The summed E-state index contributed by atoms with van der Waals surface area (Å²) >= 11 is 0. The molecule has 2 rings (SSSR count). The lowest BCUT2D eigenvalue weighted by molar-refractivity contribution is -0.137. The highest BCUT2D eigenvalue weighted by Crippen LogP contribution is 2.16. The lowest BCUT2D eigenvalue weighted by Gasteiger charge is -2.10. The molecular weight excluding hydrogens is 240 g/mol. The molecule has 0 N–H and O–H groups in total. The highest BCUT2D eigenvalue weighted by Gasteiger charge is 2.22. The monoisotopic (exact) mass is 256 g/mol. The molecule has 98 valence electrons. The average Bonchev–Trinajstić information content (AvgIpc) is 2.47. The SMILES string of the molecule is COc1cccc(CC(=O)C(=O)C2C=CC=CC2)c1. The number of allylic oxidation sites excluding steroid dienone is 4. The van der Waals surface area contributed by atoms with Gasteiger partial charge in [-0.1, -0.05) is 36.4 Å². The molecule has 3 nitrogen and oxygen atoms in total. The summed E-state index contributed by atoms with van der Waals surface area (Å²) in [5.41, 5.74) is 0.799. The van der Waals surface area contributed by atoms with E-state index in [1.54, 1.807) is 19.3 Å². The van der Waals surface area contributed by atoms with Gasteiger partial charge in [-0.25, -0.2) is 0 Å². The Labute approximate surface area is 112 Å². The van der Waals surface area contributed by atoms with E-state index in [0.29, 0.717) is 12.2 Å². The molecule has 3 heteroatoms. The van der Waals surface area contributed by atoms with Crippen LogP contribution in [0.2, 0.25) is 0 Å². The van der Waals surface area contributed by atoms with Crippen LogP contribution in [0.5, 0.6) is 5.75 Å². The van der Waals surface area contributed by atoms with Gasteiger partial charge in [-0.2, -0.15) is 0 Å². The Hall–Kier alpha value is -2.16. The fourth-order valence-corrected chi connectivity index (χ4v) is 2.04. The van der Waals surface area contributed by atoms with Crippen molar-refractivity contribution >= 4 is 11.6 Å². The molecule has 1 aliphatic carbocycles. The van der Waals surface area contributed by atoms with Crippen molar-refractivity contribution in [1.82, 2.24) is 0 Å². The summed E-state index contributed by atoms with van der Waals surface area (Å²) in [5, 5.41) is 0. The van der Waals surface area contributed by atoms with Crippen LogP contribution in [0.1, 0.15) is 12.0 Å². The number of ether oxygens (including phenoxy) is 1. The van der Waals surface area contributed by atoms with Crippen molar-refractivity contribution in [3.05, 3.63) is 54.1 Å². The smallest absolute Gasteiger partial charge is 0.205 e. The van der Waals surface area contributed by atoms with E-state index in [-0.39, 0.29) is 23.9 Å². The molecular formula is C16H16O3. The number of hydrogen-bond acceptors (Lipinski definition) is 3. The van der Waals surface area contributed by atoms with Gasteiger partial charge in [0.2, 0.25) is 11.6 Å². The molecule has 1 aromatic carbocycles. The molecule has 1 unspecified atom stereocenters. The van der Waals surface area contributed by atoms with Crippen molar-refractivity contribution in [2.75, 3.05) is 7.11 Å². The fraction of sp³-hybridized carbons (Fsp3) is 0.250. The molecule has 0 radical (unpaired) electrons. The Bertz CT molecular complexity index is 541. The maximum Gasteiger partial charge on any atom is 0.205 e. The number of rotatable bonds is 5. The van der Waals surface area contributed by atoms with Crippen LogP contribution in [0.15, 0.2) is 48.6 Å². The van der Waals surface area contributed by atoms with E-state index >= 15 is 0 Å². The summed E-state index contributed by atoms with van der Waals surface area (Å²) in [4.78, 5) is 24.0. The predicted octanol–water partition coefficient (Wildman–Crippen LogP) is 2.51. The van der Waals surface area contributed by atoms with E-state index in [1.165, 1.54) is 0 Å². The molecule has 0 bridgehead atoms. The standard InChI is InChI=1S/C16H16O3/c1-19-14-9-5-6-12(10-14)11-15(17)16(18)13-7-3-2-4-8-13/h2-7,9-10,13H,8,11H2,1H3. The lowest BCUT2D eigenvalue weighted by Crippen LogP contribution is -2.24. The Morgan fingerprint density at radius 3 is 2.84 bits per heavy atom.